The van der Waals surface area contributed by atoms with Crippen molar-refractivity contribution < 1.29 is 23.1 Å². The molecule has 1 N–H and O–H groups in total. The van der Waals surface area contributed by atoms with Crippen LogP contribution in [0.25, 0.3) is 0 Å². The van der Waals surface area contributed by atoms with Crippen molar-refractivity contribution in [3.8, 4) is 0 Å². The second-order valence-corrected chi connectivity index (χ2v) is 6.74. The number of rotatable bonds is 3. The summed E-state index contributed by atoms with van der Waals surface area (Å²) in [5, 5.41) is 9.62. The lowest BCUT2D eigenvalue weighted by molar-refractivity contribution is -0.253. The fourth-order valence-corrected chi connectivity index (χ4v) is 3.51. The first-order chi connectivity index (χ1) is 10.8. The van der Waals surface area contributed by atoms with Crippen molar-refractivity contribution in [2.45, 2.75) is 43.4 Å². The molecule has 126 valence electrons. The van der Waals surface area contributed by atoms with Gasteiger partial charge in [0.05, 0.1) is 6.54 Å². The van der Waals surface area contributed by atoms with Gasteiger partial charge in [0.1, 0.15) is 0 Å². The number of likely N-dealkylation sites (tertiary alicyclic amines) is 1. The number of alkyl halides is 3. The van der Waals surface area contributed by atoms with Crippen LogP contribution in [0, 0.1) is 5.92 Å². The summed E-state index contributed by atoms with van der Waals surface area (Å²) in [5.41, 5.74) is -1.49. The zero-order valence-electron chi connectivity index (χ0n) is 12.7. The minimum atomic E-state index is -4.68. The van der Waals surface area contributed by atoms with Gasteiger partial charge in [-0.1, -0.05) is 30.3 Å². The van der Waals surface area contributed by atoms with Crippen LogP contribution in [0.15, 0.2) is 30.3 Å². The molecule has 2 aliphatic rings. The Hall–Kier alpha value is -1.56. The molecule has 3 nitrogen and oxygen atoms in total. The largest absolute Gasteiger partial charge is 0.419 e. The number of halogens is 3. The maximum absolute atomic E-state index is 12.8. The average molecular weight is 327 g/mol. The maximum Gasteiger partial charge on any atom is 0.419 e. The molecule has 3 rings (SSSR count). The van der Waals surface area contributed by atoms with Crippen molar-refractivity contribution >= 4 is 5.91 Å². The Morgan fingerprint density at radius 1 is 1.26 bits per heavy atom. The summed E-state index contributed by atoms with van der Waals surface area (Å²) in [7, 11) is 0. The van der Waals surface area contributed by atoms with Crippen molar-refractivity contribution in [1.29, 1.82) is 0 Å². The minimum absolute atomic E-state index is 0.0241. The summed E-state index contributed by atoms with van der Waals surface area (Å²) >= 11 is 0. The second-order valence-electron chi connectivity index (χ2n) is 6.74. The van der Waals surface area contributed by atoms with Gasteiger partial charge in [-0.25, -0.2) is 0 Å². The van der Waals surface area contributed by atoms with Crippen LogP contribution < -0.4 is 0 Å². The molecule has 0 spiro atoms. The number of carbonyl (C=O) groups excluding carboxylic acids is 1. The van der Waals surface area contributed by atoms with E-state index in [1.54, 1.807) is 0 Å². The van der Waals surface area contributed by atoms with Crippen molar-refractivity contribution in [3.63, 3.8) is 0 Å². The van der Waals surface area contributed by atoms with Crippen LogP contribution in [-0.2, 0) is 4.79 Å². The van der Waals surface area contributed by atoms with Gasteiger partial charge in [-0.3, -0.25) is 4.79 Å². The Morgan fingerprint density at radius 2 is 1.91 bits per heavy atom. The molecule has 1 atom stereocenters. The quantitative estimate of drug-likeness (QED) is 0.927. The van der Waals surface area contributed by atoms with E-state index in [1.165, 1.54) is 5.56 Å². The lowest BCUT2D eigenvalue weighted by atomic mass is 9.70. The molecule has 1 aromatic rings. The van der Waals surface area contributed by atoms with Crippen molar-refractivity contribution in [1.82, 2.24) is 4.90 Å². The molecule has 1 heterocycles. The molecular weight excluding hydrogens is 307 g/mol. The lowest BCUT2D eigenvalue weighted by Gasteiger charge is -2.36. The van der Waals surface area contributed by atoms with Gasteiger partial charge in [0, 0.05) is 19.4 Å². The van der Waals surface area contributed by atoms with Gasteiger partial charge in [-0.2, -0.15) is 13.2 Å². The number of β-amino-alcohol motifs (C(OH)–C–C–N with tert-alkyl or cyclic N) is 1. The Labute approximate surface area is 133 Å². The monoisotopic (exact) mass is 327 g/mol. The molecule has 0 unspecified atom stereocenters. The smallest absolute Gasteiger partial charge is 0.379 e. The molecule has 1 amide bonds. The topological polar surface area (TPSA) is 40.5 Å². The van der Waals surface area contributed by atoms with Gasteiger partial charge in [0.15, 0.2) is 5.60 Å². The highest BCUT2D eigenvalue weighted by Crippen LogP contribution is 2.44. The van der Waals surface area contributed by atoms with Gasteiger partial charge in [-0.05, 0) is 30.2 Å². The number of carbonyl (C=O) groups is 1. The molecule has 0 bridgehead atoms. The summed E-state index contributed by atoms with van der Waals surface area (Å²) in [6.07, 6.45) is -3.05. The van der Waals surface area contributed by atoms with Crippen molar-refractivity contribution in [3.05, 3.63) is 35.9 Å². The first kappa shape index (κ1) is 16.3. The number of amides is 1. The van der Waals surface area contributed by atoms with Crippen LogP contribution in [0.3, 0.4) is 0 Å². The zero-order valence-corrected chi connectivity index (χ0v) is 12.7. The summed E-state index contributed by atoms with van der Waals surface area (Å²) < 4.78 is 38.3. The number of nitrogens with zero attached hydrogens (tertiary/aromatic N) is 1. The van der Waals surface area contributed by atoms with E-state index in [0.717, 1.165) is 17.7 Å². The number of hydrogen-bond donors (Lipinski definition) is 1. The van der Waals surface area contributed by atoms with Crippen LogP contribution >= 0.6 is 0 Å². The fraction of sp³-hybridized carbons (Fsp3) is 0.588. The molecule has 23 heavy (non-hydrogen) atoms. The zero-order chi connectivity index (χ0) is 16.7. The summed E-state index contributed by atoms with van der Waals surface area (Å²) in [5.74, 6) is 0.397. The molecule has 1 aliphatic heterocycles. The highest BCUT2D eigenvalue weighted by atomic mass is 19.4. The molecule has 0 radical (unpaired) electrons. The third-order valence-corrected chi connectivity index (χ3v) is 5.10. The van der Waals surface area contributed by atoms with Gasteiger partial charge in [0.2, 0.25) is 5.91 Å². The number of benzene rings is 1. The summed E-state index contributed by atoms with van der Waals surface area (Å²) in [6, 6.07) is 10.0. The van der Waals surface area contributed by atoms with Gasteiger partial charge >= 0.3 is 6.18 Å². The maximum atomic E-state index is 12.8. The van der Waals surface area contributed by atoms with E-state index >= 15 is 0 Å². The Kier molecular flexibility index (Phi) is 4.12. The van der Waals surface area contributed by atoms with E-state index < -0.39 is 24.7 Å². The summed E-state index contributed by atoms with van der Waals surface area (Å²) in [6.45, 7) is -0.659. The second kappa shape index (κ2) is 5.82. The fourth-order valence-electron chi connectivity index (χ4n) is 3.51. The van der Waals surface area contributed by atoms with Gasteiger partial charge in [0.25, 0.3) is 0 Å². The third kappa shape index (κ3) is 3.22. The van der Waals surface area contributed by atoms with Crippen LogP contribution in [0.1, 0.15) is 37.2 Å². The molecular formula is C17H20F3NO2. The van der Waals surface area contributed by atoms with Crippen LogP contribution in [0.5, 0.6) is 0 Å². The minimum Gasteiger partial charge on any atom is -0.379 e. The molecule has 0 aromatic heterocycles. The molecule has 6 heteroatoms. The third-order valence-electron chi connectivity index (χ3n) is 5.10. The highest BCUT2D eigenvalue weighted by molar-refractivity contribution is 5.77. The normalized spacial score (nSPS) is 31.0. The molecule has 2 fully saturated rings. The van der Waals surface area contributed by atoms with Crippen LogP contribution in [0.2, 0.25) is 0 Å². The Balaban J connectivity index is 1.49. The number of hydrogen-bond acceptors (Lipinski definition) is 2. The van der Waals surface area contributed by atoms with E-state index in [1.807, 2.05) is 18.2 Å². The highest BCUT2D eigenvalue weighted by Gasteiger charge is 2.57. The SMILES string of the molecule is O=C(CC1CC(c2ccccc2)C1)N1CC[C@@](O)(C(F)(F)F)C1. The van der Waals surface area contributed by atoms with Crippen LogP contribution in [0.4, 0.5) is 13.2 Å². The van der Waals surface area contributed by atoms with Gasteiger partial charge < -0.3 is 10.0 Å². The molecule has 1 saturated heterocycles. The van der Waals surface area contributed by atoms with E-state index in [4.69, 9.17) is 0 Å². The van der Waals surface area contributed by atoms with Gasteiger partial charge in [-0.15, -0.1) is 0 Å². The Morgan fingerprint density at radius 3 is 2.48 bits per heavy atom. The first-order valence-electron chi connectivity index (χ1n) is 7.90. The summed E-state index contributed by atoms with van der Waals surface area (Å²) in [4.78, 5) is 13.3. The van der Waals surface area contributed by atoms with E-state index in [2.05, 4.69) is 12.1 Å². The average Bonchev–Trinajstić information content (AvgIpc) is 2.87. The molecule has 1 aromatic carbocycles. The van der Waals surface area contributed by atoms with Crippen molar-refractivity contribution in [2.24, 2.45) is 5.92 Å². The van der Waals surface area contributed by atoms with E-state index in [-0.39, 0.29) is 24.8 Å². The standard InChI is InChI=1S/C17H20F3NO2/c18-17(19,20)16(23)6-7-21(11-16)15(22)10-12-8-14(9-12)13-4-2-1-3-5-13/h1-5,12,14,23H,6-11H2/t12?,14?,16-/m0/s1. The predicted molar refractivity (Wildman–Crippen MR) is 78.7 cm³/mol. The van der Waals surface area contributed by atoms with E-state index in [9.17, 15) is 23.1 Å². The molecule has 1 aliphatic carbocycles. The van der Waals surface area contributed by atoms with E-state index in [0.29, 0.717) is 5.92 Å². The first-order valence-corrected chi connectivity index (χ1v) is 7.90. The van der Waals surface area contributed by atoms with Crippen LogP contribution in [-0.4, -0.2) is 40.8 Å². The molecule has 1 saturated carbocycles. The number of aliphatic hydroxyl groups is 1. The lowest BCUT2D eigenvalue weighted by Crippen LogP contribution is -2.48. The predicted octanol–water partition coefficient (Wildman–Crippen LogP) is 3.10. The van der Waals surface area contributed by atoms with Crippen molar-refractivity contribution in [2.75, 3.05) is 13.1 Å². The Bertz CT molecular complexity index is 569.